The first-order chi connectivity index (χ1) is 7.24. The van der Waals surface area contributed by atoms with Gasteiger partial charge < -0.3 is 9.47 Å². The molecule has 15 heavy (non-hydrogen) atoms. The van der Waals surface area contributed by atoms with Crippen LogP contribution in [0.5, 0.6) is 0 Å². The van der Waals surface area contributed by atoms with E-state index in [2.05, 4.69) is 15.9 Å². The van der Waals surface area contributed by atoms with Crippen molar-refractivity contribution in [2.45, 2.75) is 6.42 Å². The van der Waals surface area contributed by atoms with E-state index in [1.54, 1.807) is 18.4 Å². The van der Waals surface area contributed by atoms with Gasteiger partial charge in [-0.1, -0.05) is 0 Å². The van der Waals surface area contributed by atoms with E-state index >= 15 is 0 Å². The summed E-state index contributed by atoms with van der Waals surface area (Å²) in [5.41, 5.74) is 0. The average molecular weight is 293 g/mol. The predicted molar refractivity (Wildman–Crippen MR) is 63.4 cm³/mol. The van der Waals surface area contributed by atoms with Crippen LogP contribution in [0.1, 0.15) is 4.88 Å². The molecule has 0 bridgehead atoms. The number of hydrogen-bond acceptors (Lipinski definition) is 4. The van der Waals surface area contributed by atoms with Crippen LogP contribution in [0, 0.1) is 0 Å². The van der Waals surface area contributed by atoms with E-state index < -0.39 is 0 Å². The third-order valence-electron chi connectivity index (χ3n) is 1.74. The molecule has 0 N–H and O–H groups in total. The SMILES string of the molecule is COCCOCC(=O)Cc1sccc1Br. The van der Waals surface area contributed by atoms with Crippen molar-refractivity contribution in [2.24, 2.45) is 0 Å². The fraction of sp³-hybridized carbons (Fsp3) is 0.500. The normalized spacial score (nSPS) is 10.5. The maximum atomic E-state index is 11.4. The van der Waals surface area contributed by atoms with Gasteiger partial charge in [-0.05, 0) is 27.4 Å². The monoisotopic (exact) mass is 292 g/mol. The zero-order chi connectivity index (χ0) is 11.1. The number of halogens is 1. The molecule has 0 radical (unpaired) electrons. The van der Waals surface area contributed by atoms with Crippen LogP contribution in [0.25, 0.3) is 0 Å². The molecule has 1 heterocycles. The van der Waals surface area contributed by atoms with Crippen LogP contribution >= 0.6 is 27.3 Å². The van der Waals surface area contributed by atoms with E-state index in [4.69, 9.17) is 9.47 Å². The fourth-order valence-electron chi connectivity index (χ4n) is 1.01. The average Bonchev–Trinajstić information content (AvgIpc) is 2.59. The first kappa shape index (κ1) is 12.8. The molecule has 1 aromatic rings. The highest BCUT2D eigenvalue weighted by molar-refractivity contribution is 9.10. The van der Waals surface area contributed by atoms with Crippen molar-refractivity contribution in [3.63, 3.8) is 0 Å². The maximum Gasteiger partial charge on any atom is 0.163 e. The number of Topliss-reactive ketones (excluding diaryl/α,β-unsaturated/α-hetero) is 1. The Bertz CT molecular complexity index is 311. The number of thiophene rings is 1. The molecule has 0 aliphatic heterocycles. The van der Waals surface area contributed by atoms with Crippen LogP contribution in [0.4, 0.5) is 0 Å². The van der Waals surface area contributed by atoms with Gasteiger partial charge in [-0.15, -0.1) is 11.3 Å². The quantitative estimate of drug-likeness (QED) is 0.724. The molecule has 0 amide bonds. The lowest BCUT2D eigenvalue weighted by atomic mass is 10.2. The topological polar surface area (TPSA) is 35.5 Å². The molecule has 1 aromatic heterocycles. The highest BCUT2D eigenvalue weighted by Gasteiger charge is 2.08. The van der Waals surface area contributed by atoms with Gasteiger partial charge >= 0.3 is 0 Å². The Labute approximate surface area is 102 Å². The number of hydrogen-bond donors (Lipinski definition) is 0. The summed E-state index contributed by atoms with van der Waals surface area (Å²) >= 11 is 4.96. The number of carbonyl (C=O) groups is 1. The molecule has 1 rings (SSSR count). The van der Waals surface area contributed by atoms with Crippen LogP contribution in [-0.4, -0.2) is 32.7 Å². The fourth-order valence-corrected chi connectivity index (χ4v) is 2.53. The molecule has 0 saturated carbocycles. The number of carbonyl (C=O) groups excluding carboxylic acids is 1. The van der Waals surface area contributed by atoms with Gasteiger partial charge in [-0.3, -0.25) is 4.79 Å². The molecule has 0 fully saturated rings. The largest absolute Gasteiger partial charge is 0.382 e. The molecule has 0 atom stereocenters. The molecule has 3 nitrogen and oxygen atoms in total. The van der Waals surface area contributed by atoms with Crippen molar-refractivity contribution >= 4 is 33.0 Å². The molecule has 0 aliphatic rings. The lowest BCUT2D eigenvalue weighted by Crippen LogP contribution is -2.13. The molecule has 0 saturated heterocycles. The van der Waals surface area contributed by atoms with Crippen LogP contribution in [-0.2, 0) is 20.7 Å². The van der Waals surface area contributed by atoms with Crippen LogP contribution in [0.2, 0.25) is 0 Å². The summed E-state index contributed by atoms with van der Waals surface area (Å²) in [5, 5.41) is 1.96. The third-order valence-corrected chi connectivity index (χ3v) is 3.67. The van der Waals surface area contributed by atoms with E-state index in [0.29, 0.717) is 19.6 Å². The Kier molecular flexibility index (Phi) is 6.09. The van der Waals surface area contributed by atoms with E-state index in [9.17, 15) is 4.79 Å². The highest BCUT2D eigenvalue weighted by atomic mass is 79.9. The molecule has 0 spiro atoms. The molecular formula is C10H13BrO3S. The second-order valence-corrected chi connectivity index (χ2v) is 4.81. The van der Waals surface area contributed by atoms with Gasteiger partial charge in [0.1, 0.15) is 6.61 Å². The zero-order valence-corrected chi connectivity index (χ0v) is 10.9. The summed E-state index contributed by atoms with van der Waals surface area (Å²) in [7, 11) is 1.61. The Morgan fingerprint density at radius 2 is 2.33 bits per heavy atom. The van der Waals surface area contributed by atoms with E-state index in [1.165, 1.54) is 0 Å². The molecule has 0 aliphatic carbocycles. The summed E-state index contributed by atoms with van der Waals surface area (Å²) in [5.74, 6) is 0.0919. The van der Waals surface area contributed by atoms with Crippen molar-refractivity contribution < 1.29 is 14.3 Å². The van der Waals surface area contributed by atoms with Crippen molar-refractivity contribution in [3.05, 3.63) is 20.8 Å². The van der Waals surface area contributed by atoms with Gasteiger partial charge in [0.15, 0.2) is 5.78 Å². The number of ether oxygens (including phenoxy) is 2. The summed E-state index contributed by atoms with van der Waals surface area (Å²) < 4.78 is 10.9. The van der Waals surface area contributed by atoms with Crippen molar-refractivity contribution in [1.82, 2.24) is 0 Å². The second-order valence-electron chi connectivity index (χ2n) is 2.95. The van der Waals surface area contributed by atoms with Crippen molar-refractivity contribution in [2.75, 3.05) is 26.9 Å². The first-order valence-electron chi connectivity index (χ1n) is 4.54. The van der Waals surface area contributed by atoms with E-state index in [1.807, 2.05) is 11.4 Å². The minimum atomic E-state index is 0.0919. The smallest absolute Gasteiger partial charge is 0.163 e. The molecule has 84 valence electrons. The summed E-state index contributed by atoms with van der Waals surface area (Å²) in [4.78, 5) is 12.5. The molecule has 0 unspecified atom stereocenters. The van der Waals surface area contributed by atoms with Gasteiger partial charge in [-0.25, -0.2) is 0 Å². The van der Waals surface area contributed by atoms with E-state index in [-0.39, 0.29) is 12.4 Å². The standard InChI is InChI=1S/C10H13BrO3S/c1-13-3-4-14-7-8(12)6-10-9(11)2-5-15-10/h2,5H,3-4,6-7H2,1H3. The van der Waals surface area contributed by atoms with Crippen molar-refractivity contribution in [3.8, 4) is 0 Å². The van der Waals surface area contributed by atoms with E-state index in [0.717, 1.165) is 9.35 Å². The predicted octanol–water partition coefficient (Wildman–Crippen LogP) is 2.29. The Balaban J connectivity index is 2.22. The summed E-state index contributed by atoms with van der Waals surface area (Å²) in [6.45, 7) is 1.15. The summed E-state index contributed by atoms with van der Waals surface area (Å²) in [6.07, 6.45) is 0.436. The van der Waals surface area contributed by atoms with Gasteiger partial charge in [0.05, 0.1) is 13.2 Å². The Morgan fingerprint density at radius 3 is 2.93 bits per heavy atom. The molecular weight excluding hydrogens is 280 g/mol. The van der Waals surface area contributed by atoms with Gasteiger partial charge in [0.25, 0.3) is 0 Å². The number of methoxy groups -OCH3 is 1. The van der Waals surface area contributed by atoms with Crippen molar-refractivity contribution in [1.29, 1.82) is 0 Å². The number of ketones is 1. The summed E-state index contributed by atoms with van der Waals surface area (Å²) in [6, 6.07) is 1.94. The lowest BCUT2D eigenvalue weighted by molar-refractivity contribution is -0.123. The second kappa shape index (κ2) is 7.11. The van der Waals surface area contributed by atoms with Crippen LogP contribution in [0.15, 0.2) is 15.9 Å². The minimum Gasteiger partial charge on any atom is -0.382 e. The van der Waals surface area contributed by atoms with Crippen LogP contribution < -0.4 is 0 Å². The maximum absolute atomic E-state index is 11.4. The number of rotatable bonds is 7. The van der Waals surface area contributed by atoms with Crippen LogP contribution in [0.3, 0.4) is 0 Å². The first-order valence-corrected chi connectivity index (χ1v) is 6.21. The molecule has 0 aromatic carbocycles. The van der Waals surface area contributed by atoms with Gasteiger partial charge in [0, 0.05) is 22.9 Å². The minimum absolute atomic E-state index is 0.0919. The van der Waals surface area contributed by atoms with Gasteiger partial charge in [0.2, 0.25) is 0 Å². The zero-order valence-electron chi connectivity index (χ0n) is 8.49. The Hall–Kier alpha value is -0.230. The third kappa shape index (κ3) is 4.88. The Morgan fingerprint density at radius 1 is 1.53 bits per heavy atom. The lowest BCUT2D eigenvalue weighted by Gasteiger charge is -2.02. The highest BCUT2D eigenvalue weighted by Crippen LogP contribution is 2.23. The molecule has 5 heteroatoms. The van der Waals surface area contributed by atoms with Gasteiger partial charge in [-0.2, -0.15) is 0 Å².